The third kappa shape index (κ3) is 4.01. The van der Waals surface area contributed by atoms with Gasteiger partial charge in [-0.3, -0.25) is 15.0 Å². The smallest absolute Gasteiger partial charge is 0.269 e. The lowest BCUT2D eigenvalue weighted by atomic mass is 9.97. The van der Waals surface area contributed by atoms with Crippen molar-refractivity contribution in [2.24, 2.45) is 5.92 Å². The van der Waals surface area contributed by atoms with Crippen LogP contribution in [0.2, 0.25) is 0 Å². The van der Waals surface area contributed by atoms with E-state index in [0.717, 1.165) is 37.7 Å². The molecule has 0 radical (unpaired) electrons. The Hall–Kier alpha value is -1.46. The molecule has 0 spiro atoms. The van der Waals surface area contributed by atoms with E-state index in [-0.39, 0.29) is 10.6 Å². The Kier molecular flexibility index (Phi) is 4.87. The van der Waals surface area contributed by atoms with Gasteiger partial charge in [-0.1, -0.05) is 12.1 Å². The van der Waals surface area contributed by atoms with Crippen LogP contribution in [0.15, 0.2) is 24.3 Å². The molecule has 1 unspecified atom stereocenters. The topological polar surface area (TPSA) is 58.4 Å². The van der Waals surface area contributed by atoms with Gasteiger partial charge in [0.1, 0.15) is 0 Å². The maximum absolute atomic E-state index is 10.6. The fraction of sp³-hybridized carbons (Fsp3) is 0.571. The number of nitrogens with one attached hydrogen (secondary N) is 1. The van der Waals surface area contributed by atoms with E-state index in [1.165, 1.54) is 12.8 Å². The first-order valence-electron chi connectivity index (χ1n) is 6.79. The van der Waals surface area contributed by atoms with Gasteiger partial charge < -0.3 is 5.32 Å². The van der Waals surface area contributed by atoms with Crippen LogP contribution in [-0.4, -0.2) is 36.5 Å². The first-order valence-corrected chi connectivity index (χ1v) is 6.79. The Morgan fingerprint density at radius 1 is 1.42 bits per heavy atom. The fourth-order valence-electron chi connectivity index (χ4n) is 2.73. The molecule has 1 atom stereocenters. The number of nitro benzene ring substituents is 1. The Bertz CT molecular complexity index is 417. The molecule has 1 fully saturated rings. The lowest BCUT2D eigenvalue weighted by Crippen LogP contribution is -2.38. The summed E-state index contributed by atoms with van der Waals surface area (Å²) in [4.78, 5) is 12.7. The lowest BCUT2D eigenvalue weighted by Gasteiger charge is -2.32. The van der Waals surface area contributed by atoms with Gasteiger partial charge >= 0.3 is 0 Å². The monoisotopic (exact) mass is 263 g/mol. The van der Waals surface area contributed by atoms with E-state index >= 15 is 0 Å². The molecule has 5 heteroatoms. The number of hydrogen-bond donors (Lipinski definition) is 1. The molecule has 0 bridgehead atoms. The number of hydrogen-bond acceptors (Lipinski definition) is 4. The van der Waals surface area contributed by atoms with Crippen molar-refractivity contribution in [1.82, 2.24) is 10.2 Å². The van der Waals surface area contributed by atoms with Crippen LogP contribution in [0.5, 0.6) is 0 Å². The Balaban J connectivity index is 1.91. The minimum Gasteiger partial charge on any atom is -0.319 e. The van der Waals surface area contributed by atoms with Crippen LogP contribution in [0, 0.1) is 16.0 Å². The van der Waals surface area contributed by atoms with Crippen molar-refractivity contribution < 1.29 is 4.92 Å². The summed E-state index contributed by atoms with van der Waals surface area (Å²) < 4.78 is 0. The zero-order chi connectivity index (χ0) is 13.7. The number of non-ortho nitro benzene ring substituents is 1. The zero-order valence-corrected chi connectivity index (χ0v) is 11.3. The lowest BCUT2D eigenvalue weighted by molar-refractivity contribution is -0.384. The largest absolute Gasteiger partial charge is 0.319 e. The molecule has 1 N–H and O–H groups in total. The van der Waals surface area contributed by atoms with Gasteiger partial charge in [0, 0.05) is 25.2 Å². The molecule has 19 heavy (non-hydrogen) atoms. The molecular weight excluding hydrogens is 242 g/mol. The van der Waals surface area contributed by atoms with Crippen molar-refractivity contribution >= 4 is 5.69 Å². The second kappa shape index (κ2) is 6.63. The van der Waals surface area contributed by atoms with Crippen LogP contribution >= 0.6 is 0 Å². The summed E-state index contributed by atoms with van der Waals surface area (Å²) in [6.45, 7) is 4.18. The Labute approximate surface area is 113 Å². The molecule has 0 amide bonds. The normalized spacial score (nSPS) is 20.4. The predicted octanol–water partition coefficient (Wildman–Crippen LogP) is 2.03. The number of piperidine rings is 1. The van der Waals surface area contributed by atoms with Crippen molar-refractivity contribution in [2.45, 2.75) is 19.4 Å². The third-order valence-corrected chi connectivity index (χ3v) is 3.65. The molecule has 1 saturated heterocycles. The average Bonchev–Trinajstić information content (AvgIpc) is 2.40. The number of nitro groups is 1. The maximum Gasteiger partial charge on any atom is 0.269 e. The first kappa shape index (κ1) is 14.0. The van der Waals surface area contributed by atoms with Crippen LogP contribution in [0.3, 0.4) is 0 Å². The minimum atomic E-state index is -0.354. The van der Waals surface area contributed by atoms with E-state index in [0.29, 0.717) is 0 Å². The number of rotatable bonds is 5. The molecule has 2 rings (SSSR count). The van der Waals surface area contributed by atoms with Crippen LogP contribution < -0.4 is 5.32 Å². The Morgan fingerprint density at radius 3 is 2.79 bits per heavy atom. The summed E-state index contributed by atoms with van der Waals surface area (Å²) in [6.07, 6.45) is 2.52. The van der Waals surface area contributed by atoms with Crippen molar-refractivity contribution in [3.05, 3.63) is 39.9 Å². The van der Waals surface area contributed by atoms with Crippen molar-refractivity contribution in [1.29, 1.82) is 0 Å². The van der Waals surface area contributed by atoms with Crippen molar-refractivity contribution in [3.63, 3.8) is 0 Å². The van der Waals surface area contributed by atoms with E-state index < -0.39 is 0 Å². The summed E-state index contributed by atoms with van der Waals surface area (Å²) in [5.74, 6) is 0.719. The molecular formula is C14H21N3O2. The molecule has 1 aliphatic heterocycles. The molecule has 0 saturated carbocycles. The first-order chi connectivity index (χ1) is 9.19. The van der Waals surface area contributed by atoms with Gasteiger partial charge in [0.15, 0.2) is 0 Å². The quantitative estimate of drug-likeness (QED) is 0.652. The van der Waals surface area contributed by atoms with E-state index in [1.54, 1.807) is 12.1 Å². The van der Waals surface area contributed by atoms with Gasteiger partial charge in [-0.15, -0.1) is 0 Å². The summed E-state index contributed by atoms with van der Waals surface area (Å²) in [6, 6.07) is 6.90. The van der Waals surface area contributed by atoms with Gasteiger partial charge in [0.2, 0.25) is 0 Å². The number of likely N-dealkylation sites (tertiary alicyclic amines) is 1. The zero-order valence-electron chi connectivity index (χ0n) is 11.3. The van der Waals surface area contributed by atoms with E-state index in [1.807, 2.05) is 19.2 Å². The summed E-state index contributed by atoms with van der Waals surface area (Å²) in [5.41, 5.74) is 1.31. The molecule has 1 aromatic rings. The summed E-state index contributed by atoms with van der Waals surface area (Å²) in [5, 5.41) is 13.8. The molecule has 5 nitrogen and oxygen atoms in total. The molecule has 0 aliphatic carbocycles. The summed E-state index contributed by atoms with van der Waals surface area (Å²) in [7, 11) is 2.00. The summed E-state index contributed by atoms with van der Waals surface area (Å²) >= 11 is 0. The maximum atomic E-state index is 10.6. The van der Waals surface area contributed by atoms with E-state index in [9.17, 15) is 10.1 Å². The van der Waals surface area contributed by atoms with Crippen LogP contribution in [0.1, 0.15) is 18.4 Å². The SMILES string of the molecule is CNCC1CCCN(Cc2ccc([N+](=O)[O-])cc2)C1. The molecule has 1 aromatic carbocycles. The Morgan fingerprint density at radius 2 is 2.16 bits per heavy atom. The van der Waals surface area contributed by atoms with Gasteiger partial charge in [-0.05, 0) is 44.5 Å². The second-order valence-corrected chi connectivity index (χ2v) is 5.22. The average molecular weight is 263 g/mol. The highest BCUT2D eigenvalue weighted by Gasteiger charge is 2.19. The fourth-order valence-corrected chi connectivity index (χ4v) is 2.73. The van der Waals surface area contributed by atoms with Gasteiger partial charge in [0.05, 0.1) is 4.92 Å². The van der Waals surface area contributed by atoms with Crippen molar-refractivity contribution in [2.75, 3.05) is 26.7 Å². The predicted molar refractivity (Wildman–Crippen MR) is 75.0 cm³/mol. The van der Waals surface area contributed by atoms with E-state index in [2.05, 4.69) is 10.2 Å². The highest BCUT2D eigenvalue weighted by Crippen LogP contribution is 2.19. The van der Waals surface area contributed by atoms with Crippen LogP contribution in [0.4, 0.5) is 5.69 Å². The van der Waals surface area contributed by atoms with Crippen LogP contribution in [-0.2, 0) is 6.54 Å². The highest BCUT2D eigenvalue weighted by molar-refractivity contribution is 5.32. The molecule has 104 valence electrons. The van der Waals surface area contributed by atoms with Crippen molar-refractivity contribution in [3.8, 4) is 0 Å². The second-order valence-electron chi connectivity index (χ2n) is 5.22. The van der Waals surface area contributed by atoms with Gasteiger partial charge in [-0.2, -0.15) is 0 Å². The van der Waals surface area contributed by atoms with Gasteiger partial charge in [-0.25, -0.2) is 0 Å². The number of benzene rings is 1. The molecule has 0 aromatic heterocycles. The van der Waals surface area contributed by atoms with Crippen LogP contribution in [0.25, 0.3) is 0 Å². The standard InChI is InChI=1S/C14H21N3O2/c1-15-9-13-3-2-8-16(11-13)10-12-4-6-14(7-5-12)17(18)19/h4-7,13,15H,2-3,8-11H2,1H3. The van der Waals surface area contributed by atoms with Gasteiger partial charge in [0.25, 0.3) is 5.69 Å². The molecule has 1 aliphatic rings. The number of nitrogens with zero attached hydrogens (tertiary/aromatic N) is 2. The van der Waals surface area contributed by atoms with E-state index in [4.69, 9.17) is 0 Å². The molecule has 1 heterocycles. The minimum absolute atomic E-state index is 0.162. The highest BCUT2D eigenvalue weighted by atomic mass is 16.6. The third-order valence-electron chi connectivity index (χ3n) is 3.65.